The molecule has 1 amide bonds. The van der Waals surface area contributed by atoms with Gasteiger partial charge in [0.15, 0.2) is 0 Å². The van der Waals surface area contributed by atoms with Crippen LogP contribution in [0.3, 0.4) is 0 Å². The van der Waals surface area contributed by atoms with Crippen LogP contribution >= 0.6 is 0 Å². The molecular weight excluding hydrogens is 226 g/mol. The van der Waals surface area contributed by atoms with Gasteiger partial charge in [0.1, 0.15) is 6.61 Å². The summed E-state index contributed by atoms with van der Waals surface area (Å²) in [4.78, 5) is 13.7. The van der Waals surface area contributed by atoms with Crippen molar-refractivity contribution in [1.82, 2.24) is 4.90 Å². The van der Waals surface area contributed by atoms with Crippen LogP contribution in [0.2, 0.25) is 0 Å². The molecule has 1 aliphatic rings. The van der Waals surface area contributed by atoms with Crippen molar-refractivity contribution in [2.24, 2.45) is 17.3 Å². The minimum absolute atomic E-state index is 0.139. The molecule has 1 rings (SSSR count). The molecule has 106 valence electrons. The minimum atomic E-state index is 0.139. The molecule has 3 heteroatoms. The molecule has 1 fully saturated rings. The summed E-state index contributed by atoms with van der Waals surface area (Å²) in [5.41, 5.74) is 0.373. The van der Waals surface area contributed by atoms with Crippen molar-refractivity contribution in [3.8, 4) is 0 Å². The Kier molecular flexibility index (Phi) is 5.64. The number of carbonyl (C=O) groups is 1. The van der Waals surface area contributed by atoms with Crippen LogP contribution in [0.5, 0.6) is 0 Å². The highest BCUT2D eigenvalue weighted by atomic mass is 16.5. The van der Waals surface area contributed by atoms with Gasteiger partial charge in [-0.3, -0.25) is 4.79 Å². The van der Waals surface area contributed by atoms with E-state index in [-0.39, 0.29) is 12.5 Å². The molecule has 0 bridgehead atoms. The second-order valence-corrected chi connectivity index (χ2v) is 6.53. The summed E-state index contributed by atoms with van der Waals surface area (Å²) in [5.74, 6) is 1.67. The molecular formula is C15H29NO2. The number of likely N-dealkylation sites (tertiary alicyclic amines) is 1. The smallest absolute Gasteiger partial charge is 0.248 e. The van der Waals surface area contributed by atoms with E-state index in [1.54, 1.807) is 7.11 Å². The Bertz CT molecular complexity index is 262. The number of hydrogen-bond donors (Lipinski definition) is 0. The van der Waals surface area contributed by atoms with Gasteiger partial charge in [-0.1, -0.05) is 34.1 Å². The highest BCUT2D eigenvalue weighted by Crippen LogP contribution is 2.39. The fraction of sp³-hybridized carbons (Fsp3) is 0.933. The van der Waals surface area contributed by atoms with Gasteiger partial charge in [-0.2, -0.15) is 0 Å². The van der Waals surface area contributed by atoms with E-state index < -0.39 is 0 Å². The van der Waals surface area contributed by atoms with Gasteiger partial charge in [-0.05, 0) is 30.1 Å². The Balaban J connectivity index is 2.50. The van der Waals surface area contributed by atoms with Gasteiger partial charge < -0.3 is 9.64 Å². The molecule has 18 heavy (non-hydrogen) atoms. The largest absolute Gasteiger partial charge is 0.375 e. The Hall–Kier alpha value is -0.570. The van der Waals surface area contributed by atoms with E-state index in [0.29, 0.717) is 5.41 Å². The third kappa shape index (κ3) is 3.98. The lowest BCUT2D eigenvalue weighted by atomic mass is 9.69. The first-order valence-electron chi connectivity index (χ1n) is 7.16. The summed E-state index contributed by atoms with van der Waals surface area (Å²) in [5, 5.41) is 0. The molecule has 0 radical (unpaired) electrons. The summed E-state index contributed by atoms with van der Waals surface area (Å²) >= 11 is 0. The number of carbonyl (C=O) groups excluding carboxylic acids is 1. The van der Waals surface area contributed by atoms with Crippen LogP contribution in [-0.4, -0.2) is 37.6 Å². The summed E-state index contributed by atoms with van der Waals surface area (Å²) in [6.45, 7) is 11.3. The summed E-state index contributed by atoms with van der Waals surface area (Å²) in [6.07, 6.45) is 3.52. The number of methoxy groups -OCH3 is 1. The molecule has 3 nitrogen and oxygen atoms in total. The Morgan fingerprint density at radius 2 is 1.89 bits per heavy atom. The van der Waals surface area contributed by atoms with E-state index in [2.05, 4.69) is 27.7 Å². The van der Waals surface area contributed by atoms with Crippen LogP contribution in [0.4, 0.5) is 0 Å². The summed E-state index contributed by atoms with van der Waals surface area (Å²) in [6, 6.07) is 0. The fourth-order valence-electron chi connectivity index (χ4n) is 3.42. The molecule has 0 spiro atoms. The van der Waals surface area contributed by atoms with Crippen molar-refractivity contribution in [2.75, 3.05) is 26.8 Å². The van der Waals surface area contributed by atoms with Crippen LogP contribution < -0.4 is 0 Å². The maximum Gasteiger partial charge on any atom is 0.248 e. The lowest BCUT2D eigenvalue weighted by molar-refractivity contribution is -0.137. The number of hydrogen-bond acceptors (Lipinski definition) is 2. The molecule has 0 N–H and O–H groups in total. The van der Waals surface area contributed by atoms with E-state index in [0.717, 1.165) is 37.8 Å². The highest BCUT2D eigenvalue weighted by Gasteiger charge is 2.33. The number of nitrogens with zero attached hydrogens (tertiary/aromatic N) is 1. The number of piperidine rings is 1. The zero-order valence-corrected chi connectivity index (χ0v) is 12.7. The molecule has 0 aromatic carbocycles. The van der Waals surface area contributed by atoms with Gasteiger partial charge in [0.25, 0.3) is 0 Å². The van der Waals surface area contributed by atoms with E-state index in [9.17, 15) is 4.79 Å². The average Bonchev–Trinajstić information content (AvgIpc) is 2.29. The van der Waals surface area contributed by atoms with Gasteiger partial charge in [0.2, 0.25) is 5.91 Å². The van der Waals surface area contributed by atoms with E-state index >= 15 is 0 Å². The number of amides is 1. The lowest BCUT2D eigenvalue weighted by Crippen LogP contribution is -2.43. The van der Waals surface area contributed by atoms with E-state index in [4.69, 9.17) is 4.74 Å². The summed E-state index contributed by atoms with van der Waals surface area (Å²) in [7, 11) is 1.58. The molecule has 1 unspecified atom stereocenters. The first kappa shape index (κ1) is 15.5. The van der Waals surface area contributed by atoms with Gasteiger partial charge in [0, 0.05) is 20.2 Å². The molecule has 1 saturated heterocycles. The van der Waals surface area contributed by atoms with Gasteiger partial charge in [-0.25, -0.2) is 0 Å². The zero-order valence-electron chi connectivity index (χ0n) is 12.7. The van der Waals surface area contributed by atoms with Gasteiger partial charge >= 0.3 is 0 Å². The molecule has 0 saturated carbocycles. The SMILES string of the molecule is CCC(C1CCN(C(=O)COC)CC1)C(C)(C)C. The first-order chi connectivity index (χ1) is 8.40. The van der Waals surface area contributed by atoms with Crippen molar-refractivity contribution in [3.63, 3.8) is 0 Å². The number of ether oxygens (including phenoxy) is 1. The van der Waals surface area contributed by atoms with Crippen LogP contribution in [0.15, 0.2) is 0 Å². The van der Waals surface area contributed by atoms with Crippen molar-refractivity contribution >= 4 is 5.91 Å². The van der Waals surface area contributed by atoms with Crippen LogP contribution in [0, 0.1) is 17.3 Å². The monoisotopic (exact) mass is 255 g/mol. The van der Waals surface area contributed by atoms with Crippen molar-refractivity contribution in [1.29, 1.82) is 0 Å². The Labute approximate surface area is 112 Å². The van der Waals surface area contributed by atoms with Crippen LogP contribution in [-0.2, 0) is 9.53 Å². The van der Waals surface area contributed by atoms with Crippen molar-refractivity contribution in [2.45, 2.75) is 47.0 Å². The quantitative estimate of drug-likeness (QED) is 0.773. The van der Waals surface area contributed by atoms with Crippen LogP contribution in [0.1, 0.15) is 47.0 Å². The molecule has 1 atom stereocenters. The lowest BCUT2D eigenvalue weighted by Gasteiger charge is -2.41. The Morgan fingerprint density at radius 3 is 2.28 bits per heavy atom. The summed E-state index contributed by atoms with van der Waals surface area (Å²) < 4.78 is 4.92. The zero-order chi connectivity index (χ0) is 13.8. The maximum atomic E-state index is 11.7. The van der Waals surface area contributed by atoms with Crippen molar-refractivity contribution < 1.29 is 9.53 Å². The fourth-order valence-corrected chi connectivity index (χ4v) is 3.42. The second-order valence-electron chi connectivity index (χ2n) is 6.53. The first-order valence-corrected chi connectivity index (χ1v) is 7.16. The van der Waals surface area contributed by atoms with Gasteiger partial charge in [0.05, 0.1) is 0 Å². The second kappa shape index (κ2) is 6.55. The third-order valence-electron chi connectivity index (χ3n) is 4.28. The predicted octanol–water partition coefficient (Wildman–Crippen LogP) is 2.94. The van der Waals surface area contributed by atoms with E-state index in [1.807, 2.05) is 4.90 Å². The standard InChI is InChI=1S/C15H29NO2/c1-6-13(15(2,3)4)12-7-9-16(10-8-12)14(17)11-18-5/h12-13H,6-11H2,1-5H3. The molecule has 1 aliphatic heterocycles. The predicted molar refractivity (Wildman–Crippen MR) is 74.4 cm³/mol. The maximum absolute atomic E-state index is 11.7. The molecule has 0 aromatic rings. The Morgan fingerprint density at radius 1 is 1.33 bits per heavy atom. The normalized spacial score (nSPS) is 19.9. The topological polar surface area (TPSA) is 29.5 Å². The van der Waals surface area contributed by atoms with Crippen molar-refractivity contribution in [3.05, 3.63) is 0 Å². The minimum Gasteiger partial charge on any atom is -0.375 e. The highest BCUT2D eigenvalue weighted by molar-refractivity contribution is 5.77. The average molecular weight is 255 g/mol. The number of rotatable bonds is 4. The molecule has 0 aromatic heterocycles. The third-order valence-corrected chi connectivity index (χ3v) is 4.28. The molecule has 0 aliphatic carbocycles. The van der Waals surface area contributed by atoms with Gasteiger partial charge in [-0.15, -0.1) is 0 Å². The molecule has 1 heterocycles. The van der Waals surface area contributed by atoms with E-state index in [1.165, 1.54) is 6.42 Å². The van der Waals surface area contributed by atoms with Crippen LogP contribution in [0.25, 0.3) is 0 Å².